The van der Waals surface area contributed by atoms with Gasteiger partial charge in [-0.05, 0) is 64.1 Å². The topological polar surface area (TPSA) is 77.0 Å². The highest BCUT2D eigenvalue weighted by molar-refractivity contribution is 6.32. The molecule has 0 spiro atoms. The smallest absolute Gasteiger partial charge is 0.419 e. The van der Waals surface area contributed by atoms with Gasteiger partial charge in [0, 0.05) is 43.3 Å². The van der Waals surface area contributed by atoms with Gasteiger partial charge in [-0.2, -0.15) is 23.1 Å². The maximum absolute atomic E-state index is 14.0. The Morgan fingerprint density at radius 3 is 2.48 bits per heavy atom. The molecular formula is C28H34ClF3N6O2. The van der Waals surface area contributed by atoms with Crippen LogP contribution < -0.4 is 19.9 Å². The van der Waals surface area contributed by atoms with Crippen LogP contribution >= 0.6 is 11.6 Å². The first-order chi connectivity index (χ1) is 19.2. The maximum atomic E-state index is 14.0. The van der Waals surface area contributed by atoms with E-state index < -0.39 is 16.8 Å². The quantitative estimate of drug-likeness (QED) is 0.542. The normalized spacial score (nSPS) is 25.8. The molecule has 2 bridgehead atoms. The summed E-state index contributed by atoms with van der Waals surface area (Å²) in [4.78, 5) is 16.2. The number of fused-ring (bicyclic) bond motifs is 4. The molecule has 2 N–H and O–H groups in total. The van der Waals surface area contributed by atoms with Crippen LogP contribution in [-0.2, 0) is 19.1 Å². The minimum Gasteiger partial charge on any atom is -0.508 e. The Labute approximate surface area is 236 Å². The van der Waals surface area contributed by atoms with Crippen LogP contribution in [0.2, 0.25) is 5.02 Å². The average Bonchev–Trinajstić information content (AvgIpc) is 3.58. The standard InChI is InChI=1S/C28H34ClF3N6O2/c29-21-11-19(39)12-23(24(21)28(30,31)32)36-10-5-20-22(15-36)34-26(40-16-27-6-1-8-38(27)9-2-7-27)35-25(20)37-13-17-3-4-18(14-37)33-17/h11-12,17-18,33,39H,1-10,13-16H2. The number of halogens is 4. The molecular weight excluding hydrogens is 545 g/mol. The van der Waals surface area contributed by atoms with E-state index in [9.17, 15) is 18.3 Å². The molecule has 1 aromatic heterocycles. The third kappa shape index (κ3) is 4.63. The van der Waals surface area contributed by atoms with E-state index in [2.05, 4.69) is 15.1 Å². The number of alkyl halides is 3. The minimum absolute atomic E-state index is 0.0273. The SMILES string of the molecule is Oc1cc(Cl)c(C(F)(F)F)c(N2CCc3c(nc(OCC45CCCN4CCC5)nc3N3CC4CCC(C3)N4)C2)c1. The van der Waals surface area contributed by atoms with Crippen molar-refractivity contribution in [2.45, 2.75) is 75.3 Å². The Morgan fingerprint density at radius 1 is 1.05 bits per heavy atom. The number of phenols is 1. The molecule has 0 aliphatic carbocycles. The van der Waals surface area contributed by atoms with Crippen molar-refractivity contribution >= 4 is 23.1 Å². The van der Waals surface area contributed by atoms with E-state index in [4.69, 9.17) is 26.3 Å². The zero-order chi connectivity index (χ0) is 27.6. The zero-order valence-corrected chi connectivity index (χ0v) is 23.1. The zero-order valence-electron chi connectivity index (χ0n) is 22.3. The Kier molecular flexibility index (Phi) is 6.47. The molecule has 40 heavy (non-hydrogen) atoms. The fraction of sp³-hybridized carbons (Fsp3) is 0.643. The summed E-state index contributed by atoms with van der Waals surface area (Å²) in [5.41, 5.74) is 0.571. The maximum Gasteiger partial charge on any atom is 0.419 e. The molecule has 5 aliphatic rings. The summed E-state index contributed by atoms with van der Waals surface area (Å²) in [6, 6.07) is 3.18. The van der Waals surface area contributed by atoms with Gasteiger partial charge in [0.25, 0.3) is 0 Å². The molecule has 1 aromatic carbocycles. The second-order valence-electron chi connectivity index (χ2n) is 12.0. The van der Waals surface area contributed by atoms with Crippen molar-refractivity contribution in [1.29, 1.82) is 0 Å². The van der Waals surface area contributed by atoms with Crippen LogP contribution in [0.3, 0.4) is 0 Å². The number of hydrogen-bond acceptors (Lipinski definition) is 8. The molecule has 4 fully saturated rings. The molecule has 5 aliphatic heterocycles. The van der Waals surface area contributed by atoms with E-state index in [-0.39, 0.29) is 23.5 Å². The average molecular weight is 579 g/mol. The summed E-state index contributed by atoms with van der Waals surface area (Å²) in [6.45, 7) is 4.83. The van der Waals surface area contributed by atoms with Crippen molar-refractivity contribution < 1.29 is 23.0 Å². The first-order valence-corrected chi connectivity index (χ1v) is 14.7. The van der Waals surface area contributed by atoms with Gasteiger partial charge in [-0.1, -0.05) is 11.6 Å². The van der Waals surface area contributed by atoms with Crippen LogP contribution in [0.5, 0.6) is 11.8 Å². The van der Waals surface area contributed by atoms with Crippen LogP contribution in [0.4, 0.5) is 24.7 Å². The molecule has 12 heteroatoms. The van der Waals surface area contributed by atoms with Gasteiger partial charge in [0.1, 0.15) is 18.2 Å². The lowest BCUT2D eigenvalue weighted by atomic mass is 9.95. The molecule has 2 unspecified atom stereocenters. The molecule has 7 rings (SSSR count). The van der Waals surface area contributed by atoms with E-state index in [0.717, 1.165) is 88.2 Å². The number of piperazine rings is 1. The second-order valence-corrected chi connectivity index (χ2v) is 12.4. The van der Waals surface area contributed by atoms with Crippen molar-refractivity contribution in [2.75, 3.05) is 49.1 Å². The molecule has 6 heterocycles. The number of hydrogen-bond donors (Lipinski definition) is 2. The lowest BCUT2D eigenvalue weighted by Crippen LogP contribution is -2.52. The predicted octanol–water partition coefficient (Wildman–Crippen LogP) is 4.36. The first-order valence-electron chi connectivity index (χ1n) is 14.3. The van der Waals surface area contributed by atoms with Gasteiger partial charge in [0.2, 0.25) is 0 Å². The summed E-state index contributed by atoms with van der Waals surface area (Å²) in [5, 5.41) is 13.3. The number of phenolic OH excluding ortho intramolecular Hbond substituents is 1. The van der Waals surface area contributed by atoms with Gasteiger partial charge in [0.15, 0.2) is 0 Å². The van der Waals surface area contributed by atoms with Crippen molar-refractivity contribution in [1.82, 2.24) is 20.2 Å². The number of ether oxygens (including phenoxy) is 1. The molecule has 8 nitrogen and oxygen atoms in total. The van der Waals surface area contributed by atoms with E-state index in [1.54, 1.807) is 4.90 Å². The summed E-state index contributed by atoms with van der Waals surface area (Å²) in [5.74, 6) is 0.537. The third-order valence-electron chi connectivity index (χ3n) is 9.50. The van der Waals surface area contributed by atoms with Gasteiger partial charge in [-0.15, -0.1) is 0 Å². The number of nitrogens with zero attached hydrogens (tertiary/aromatic N) is 5. The summed E-state index contributed by atoms with van der Waals surface area (Å²) in [6.07, 6.45) is 2.57. The Morgan fingerprint density at radius 2 is 1.77 bits per heavy atom. The third-order valence-corrected chi connectivity index (χ3v) is 9.80. The highest BCUT2D eigenvalue weighted by atomic mass is 35.5. The lowest BCUT2D eigenvalue weighted by Gasteiger charge is -2.38. The Bertz CT molecular complexity index is 1290. The number of aromatic hydroxyl groups is 1. The number of aromatic nitrogens is 2. The monoisotopic (exact) mass is 578 g/mol. The fourth-order valence-corrected chi connectivity index (χ4v) is 7.97. The number of nitrogens with one attached hydrogen (secondary N) is 1. The van der Waals surface area contributed by atoms with Gasteiger partial charge in [0.05, 0.1) is 34.1 Å². The van der Waals surface area contributed by atoms with Crippen molar-refractivity contribution in [3.05, 3.63) is 34.0 Å². The van der Waals surface area contributed by atoms with E-state index in [1.807, 2.05) is 0 Å². The molecule has 0 amide bonds. The Hall–Kier alpha value is -2.50. The fourth-order valence-electron chi connectivity index (χ4n) is 7.66. The lowest BCUT2D eigenvalue weighted by molar-refractivity contribution is -0.137. The van der Waals surface area contributed by atoms with Gasteiger partial charge in [-0.25, -0.2) is 0 Å². The van der Waals surface area contributed by atoms with Gasteiger partial charge in [-0.3, -0.25) is 4.90 Å². The number of anilines is 2. The van der Waals surface area contributed by atoms with Crippen molar-refractivity contribution in [2.24, 2.45) is 0 Å². The molecule has 2 atom stereocenters. The predicted molar refractivity (Wildman–Crippen MR) is 145 cm³/mol. The van der Waals surface area contributed by atoms with E-state index in [1.165, 1.54) is 0 Å². The van der Waals surface area contributed by atoms with Crippen LogP contribution in [-0.4, -0.2) is 76.9 Å². The van der Waals surface area contributed by atoms with Crippen molar-refractivity contribution in [3.63, 3.8) is 0 Å². The number of benzene rings is 1. The number of rotatable bonds is 5. The van der Waals surface area contributed by atoms with Crippen LogP contribution in [0.1, 0.15) is 55.3 Å². The Balaban J connectivity index is 1.23. The van der Waals surface area contributed by atoms with Crippen LogP contribution in [0.15, 0.2) is 12.1 Å². The van der Waals surface area contributed by atoms with Crippen LogP contribution in [0, 0.1) is 0 Å². The molecule has 0 radical (unpaired) electrons. The summed E-state index contributed by atoms with van der Waals surface area (Å²) in [7, 11) is 0. The second kappa shape index (κ2) is 9.80. The molecule has 0 saturated carbocycles. The highest BCUT2D eigenvalue weighted by Gasteiger charge is 2.45. The molecule has 2 aromatic rings. The minimum atomic E-state index is -4.67. The molecule has 4 saturated heterocycles. The van der Waals surface area contributed by atoms with E-state index in [0.29, 0.717) is 43.4 Å². The summed E-state index contributed by atoms with van der Waals surface area (Å²) < 4.78 is 48.5. The summed E-state index contributed by atoms with van der Waals surface area (Å²) >= 11 is 6.00. The first kappa shape index (κ1) is 26.4. The van der Waals surface area contributed by atoms with Gasteiger partial charge < -0.3 is 25.0 Å². The van der Waals surface area contributed by atoms with Crippen molar-refractivity contribution in [3.8, 4) is 11.8 Å². The van der Waals surface area contributed by atoms with Crippen LogP contribution in [0.25, 0.3) is 0 Å². The molecule has 216 valence electrons. The highest BCUT2D eigenvalue weighted by Crippen LogP contribution is 2.45. The van der Waals surface area contributed by atoms with E-state index >= 15 is 0 Å². The van der Waals surface area contributed by atoms with Gasteiger partial charge >= 0.3 is 12.2 Å². The largest absolute Gasteiger partial charge is 0.508 e.